The Kier molecular flexibility index (Phi) is 5.47. The lowest BCUT2D eigenvalue weighted by Gasteiger charge is -2.28. The van der Waals surface area contributed by atoms with Crippen molar-refractivity contribution in [2.24, 2.45) is 0 Å². The molecule has 0 saturated carbocycles. The highest BCUT2D eigenvalue weighted by molar-refractivity contribution is 5.94. The second-order valence-corrected chi connectivity index (χ2v) is 6.23. The Morgan fingerprint density at radius 1 is 1.40 bits per heavy atom. The summed E-state index contributed by atoms with van der Waals surface area (Å²) in [6.45, 7) is 3.46. The number of carbonyl (C=O) groups is 1. The van der Waals surface area contributed by atoms with Crippen LogP contribution in [0.1, 0.15) is 23.8 Å². The molecule has 1 fully saturated rings. The summed E-state index contributed by atoms with van der Waals surface area (Å²) in [5.41, 5.74) is 0.461. The number of nitrogens with zero attached hydrogens (tertiary/aromatic N) is 1. The Hall–Kier alpha value is -2.22. The molecule has 2 atom stereocenters. The summed E-state index contributed by atoms with van der Waals surface area (Å²) >= 11 is 0. The third-order valence-electron chi connectivity index (χ3n) is 4.40. The number of aryl methyl sites for hydroxylation is 1. The van der Waals surface area contributed by atoms with Crippen molar-refractivity contribution in [3.8, 4) is 0 Å². The molecule has 0 spiro atoms. The van der Waals surface area contributed by atoms with Gasteiger partial charge >= 0.3 is 0 Å². The average molecular weight is 345 g/mol. The first kappa shape index (κ1) is 17.6. The quantitative estimate of drug-likeness (QED) is 0.799. The van der Waals surface area contributed by atoms with Crippen molar-refractivity contribution in [1.29, 1.82) is 0 Å². The van der Waals surface area contributed by atoms with E-state index in [9.17, 15) is 4.79 Å². The van der Waals surface area contributed by atoms with Gasteiger partial charge in [0.15, 0.2) is 5.82 Å². The number of hydrogen-bond donors (Lipinski definition) is 2. The van der Waals surface area contributed by atoms with Crippen LogP contribution >= 0.6 is 0 Å². The van der Waals surface area contributed by atoms with Gasteiger partial charge < -0.3 is 19.3 Å². The smallest absolute Gasteiger partial charge is 0.247 e. The molecule has 0 aliphatic carbocycles. The predicted molar refractivity (Wildman–Crippen MR) is 92.2 cm³/mol. The van der Waals surface area contributed by atoms with Gasteiger partial charge in [-0.25, -0.2) is 0 Å². The van der Waals surface area contributed by atoms with Crippen LogP contribution < -0.4 is 10.6 Å². The zero-order chi connectivity index (χ0) is 17.7. The minimum absolute atomic E-state index is 0.204. The van der Waals surface area contributed by atoms with E-state index in [0.717, 1.165) is 12.0 Å². The number of nitrogens with one attached hydrogen (secondary N) is 2. The van der Waals surface area contributed by atoms with Crippen molar-refractivity contribution in [3.05, 3.63) is 47.7 Å². The first-order valence-electron chi connectivity index (χ1n) is 8.27. The van der Waals surface area contributed by atoms with E-state index in [-0.39, 0.29) is 5.91 Å². The fourth-order valence-corrected chi connectivity index (χ4v) is 2.88. The lowest BCUT2D eigenvalue weighted by molar-refractivity contribution is -0.118. The highest BCUT2D eigenvalue weighted by Gasteiger charge is 2.36. The molecule has 1 aliphatic heterocycles. The van der Waals surface area contributed by atoms with Gasteiger partial charge in [0, 0.05) is 32.7 Å². The van der Waals surface area contributed by atoms with E-state index in [2.05, 4.69) is 15.8 Å². The highest BCUT2D eigenvalue weighted by Crippen LogP contribution is 2.24. The van der Waals surface area contributed by atoms with E-state index in [0.29, 0.717) is 31.3 Å². The summed E-state index contributed by atoms with van der Waals surface area (Å²) in [5, 5.41) is 9.93. The third kappa shape index (κ3) is 4.25. The molecular weight excluding hydrogens is 322 g/mol. The molecule has 7 nitrogen and oxygen atoms in total. The second-order valence-electron chi connectivity index (χ2n) is 6.23. The van der Waals surface area contributed by atoms with Gasteiger partial charge in [0.25, 0.3) is 0 Å². The average Bonchev–Trinajstić information content (AvgIpc) is 3.26. The number of anilines is 1. The maximum Gasteiger partial charge on any atom is 0.247 e. The maximum absolute atomic E-state index is 12.8. The predicted octanol–water partition coefficient (Wildman–Crippen LogP) is 2.06. The molecule has 1 amide bonds. The minimum atomic E-state index is -0.536. The Morgan fingerprint density at radius 2 is 2.20 bits per heavy atom. The Bertz CT molecular complexity index is 695. The van der Waals surface area contributed by atoms with Crippen molar-refractivity contribution < 1.29 is 18.8 Å². The monoisotopic (exact) mass is 345 g/mol. The molecular formula is C18H23N3O4. The van der Waals surface area contributed by atoms with Crippen molar-refractivity contribution in [2.75, 3.05) is 32.2 Å². The SMILES string of the molecule is COC1(CNC(C(=O)Nc2cc(C)on2)c2ccccc2)CCOC1. The number of rotatable bonds is 7. The topological polar surface area (TPSA) is 85.6 Å². The molecule has 1 aromatic heterocycles. The standard InChI is InChI=1S/C18H23N3O4/c1-13-10-15(21-25-13)20-17(22)16(14-6-4-3-5-7-14)19-11-18(23-2)8-9-24-12-18/h3-7,10,16,19H,8-9,11-12H2,1-2H3,(H,20,21,22). The fraction of sp³-hybridized carbons (Fsp3) is 0.444. The molecule has 1 saturated heterocycles. The first-order valence-corrected chi connectivity index (χ1v) is 8.27. The van der Waals surface area contributed by atoms with E-state index in [1.165, 1.54) is 0 Å². The summed E-state index contributed by atoms with van der Waals surface area (Å²) in [5.74, 6) is 0.835. The number of aromatic nitrogens is 1. The van der Waals surface area contributed by atoms with E-state index < -0.39 is 11.6 Å². The highest BCUT2D eigenvalue weighted by atomic mass is 16.5. The summed E-state index contributed by atoms with van der Waals surface area (Å²) in [4.78, 5) is 12.8. The van der Waals surface area contributed by atoms with Crippen LogP contribution in [0.15, 0.2) is 40.9 Å². The Morgan fingerprint density at radius 3 is 2.80 bits per heavy atom. The van der Waals surface area contributed by atoms with Crippen LogP contribution in [0, 0.1) is 6.92 Å². The van der Waals surface area contributed by atoms with Crippen LogP contribution in [0.5, 0.6) is 0 Å². The number of carbonyl (C=O) groups excluding carboxylic acids is 1. The van der Waals surface area contributed by atoms with E-state index in [4.69, 9.17) is 14.0 Å². The molecule has 1 aromatic carbocycles. The molecule has 1 aliphatic rings. The zero-order valence-electron chi connectivity index (χ0n) is 14.5. The van der Waals surface area contributed by atoms with Crippen LogP contribution in [0.25, 0.3) is 0 Å². The number of methoxy groups -OCH3 is 1. The summed E-state index contributed by atoms with van der Waals surface area (Å²) < 4.78 is 16.1. The summed E-state index contributed by atoms with van der Waals surface area (Å²) in [6, 6.07) is 10.7. The van der Waals surface area contributed by atoms with Gasteiger partial charge in [0.1, 0.15) is 17.4 Å². The van der Waals surface area contributed by atoms with Crippen LogP contribution in [0.2, 0.25) is 0 Å². The van der Waals surface area contributed by atoms with Crippen molar-refractivity contribution in [3.63, 3.8) is 0 Å². The number of benzene rings is 1. The second kappa shape index (κ2) is 7.77. The summed E-state index contributed by atoms with van der Waals surface area (Å²) in [7, 11) is 1.67. The first-order chi connectivity index (χ1) is 12.1. The van der Waals surface area contributed by atoms with Crippen molar-refractivity contribution in [1.82, 2.24) is 10.5 Å². The van der Waals surface area contributed by atoms with E-state index in [1.54, 1.807) is 20.1 Å². The van der Waals surface area contributed by atoms with Gasteiger partial charge in [-0.2, -0.15) is 0 Å². The lowest BCUT2D eigenvalue weighted by Crippen LogP contribution is -2.46. The molecule has 134 valence electrons. The molecule has 2 heterocycles. The van der Waals surface area contributed by atoms with Gasteiger partial charge in [-0.3, -0.25) is 10.1 Å². The fourth-order valence-electron chi connectivity index (χ4n) is 2.88. The van der Waals surface area contributed by atoms with Crippen LogP contribution in [0.3, 0.4) is 0 Å². The van der Waals surface area contributed by atoms with E-state index in [1.807, 2.05) is 30.3 Å². The molecule has 0 bridgehead atoms. The molecule has 2 N–H and O–H groups in total. The number of amides is 1. The molecule has 3 rings (SSSR count). The van der Waals surface area contributed by atoms with Gasteiger partial charge in [-0.1, -0.05) is 35.5 Å². The van der Waals surface area contributed by atoms with E-state index >= 15 is 0 Å². The Labute approximate surface area is 146 Å². The molecule has 0 radical (unpaired) electrons. The van der Waals surface area contributed by atoms with Crippen LogP contribution in [0.4, 0.5) is 5.82 Å². The normalized spacial score (nSPS) is 21.2. The Balaban J connectivity index is 1.74. The van der Waals surface area contributed by atoms with Crippen LogP contribution in [-0.2, 0) is 14.3 Å². The molecule has 7 heteroatoms. The van der Waals surface area contributed by atoms with Gasteiger partial charge in [-0.05, 0) is 12.5 Å². The zero-order valence-corrected chi connectivity index (χ0v) is 14.5. The molecule has 2 aromatic rings. The van der Waals surface area contributed by atoms with Gasteiger partial charge in [0.2, 0.25) is 5.91 Å². The van der Waals surface area contributed by atoms with Gasteiger partial charge in [-0.15, -0.1) is 0 Å². The minimum Gasteiger partial charge on any atom is -0.378 e. The molecule has 2 unspecified atom stereocenters. The number of ether oxygens (including phenoxy) is 2. The van der Waals surface area contributed by atoms with Gasteiger partial charge in [0.05, 0.1) is 6.61 Å². The van der Waals surface area contributed by atoms with Crippen molar-refractivity contribution >= 4 is 11.7 Å². The largest absolute Gasteiger partial charge is 0.378 e. The maximum atomic E-state index is 12.8. The molecule has 25 heavy (non-hydrogen) atoms. The lowest BCUT2D eigenvalue weighted by atomic mass is 10.0. The summed E-state index contributed by atoms with van der Waals surface area (Å²) in [6.07, 6.45) is 0.794. The van der Waals surface area contributed by atoms with Crippen LogP contribution in [-0.4, -0.2) is 43.5 Å². The number of hydrogen-bond acceptors (Lipinski definition) is 6. The van der Waals surface area contributed by atoms with Crippen molar-refractivity contribution in [2.45, 2.75) is 25.0 Å². The third-order valence-corrected chi connectivity index (χ3v) is 4.40.